The second-order valence-electron chi connectivity index (χ2n) is 6.13. The van der Waals surface area contributed by atoms with Crippen molar-refractivity contribution in [3.05, 3.63) is 60.7 Å². The topological polar surface area (TPSA) is 122 Å². The van der Waals surface area contributed by atoms with Crippen molar-refractivity contribution >= 4 is 5.97 Å². The van der Waals surface area contributed by atoms with E-state index in [1.807, 2.05) is 12.1 Å². The van der Waals surface area contributed by atoms with Gasteiger partial charge in [-0.3, -0.25) is 4.79 Å². The number of aliphatic hydroxyl groups excluding tert-OH is 3. The molecule has 0 amide bonds. The number of benzene rings is 2. The molecule has 1 unspecified atom stereocenters. The lowest BCUT2D eigenvalue weighted by molar-refractivity contribution is -0.258. The number of hydrogen-bond acceptors (Lipinski definition) is 7. The third-order valence-electron chi connectivity index (χ3n) is 4.09. The number of hydrogen-bond donors (Lipinski definition) is 4. The first kappa shape index (κ1) is 21.0. The monoisotopic (exact) mass is 375 g/mol. The van der Waals surface area contributed by atoms with E-state index >= 15 is 0 Å². The second kappa shape index (κ2) is 10.1. The largest absolute Gasteiger partial charge is 0.434 e. The zero-order valence-electron chi connectivity index (χ0n) is 15.0. The molecule has 0 spiro atoms. The van der Waals surface area contributed by atoms with Crippen LogP contribution in [0.4, 0.5) is 0 Å². The van der Waals surface area contributed by atoms with Crippen molar-refractivity contribution in [2.24, 2.45) is 5.73 Å². The first-order valence-corrected chi connectivity index (χ1v) is 8.59. The van der Waals surface area contributed by atoms with Crippen LogP contribution in [0.5, 0.6) is 0 Å². The number of rotatable bonds is 3. The number of esters is 1. The van der Waals surface area contributed by atoms with Crippen LogP contribution >= 0.6 is 0 Å². The normalized spacial score (nSPS) is 27.2. The third kappa shape index (κ3) is 5.85. The molecule has 2 aromatic rings. The Labute approximate surface area is 158 Å². The highest BCUT2D eigenvalue weighted by atomic mass is 16.7. The lowest BCUT2D eigenvalue weighted by Crippen LogP contribution is -2.62. The van der Waals surface area contributed by atoms with Crippen LogP contribution in [-0.2, 0) is 14.3 Å². The molecule has 0 bridgehead atoms. The minimum Gasteiger partial charge on any atom is -0.434 e. The average molecular weight is 375 g/mol. The summed E-state index contributed by atoms with van der Waals surface area (Å²) in [6.45, 7) is 0.671. The van der Waals surface area contributed by atoms with Crippen LogP contribution in [0.2, 0.25) is 0 Å². The predicted octanol–water partition coefficient (Wildman–Crippen LogP) is 0.669. The highest BCUT2D eigenvalue weighted by Crippen LogP contribution is 2.20. The third-order valence-corrected chi connectivity index (χ3v) is 4.09. The summed E-state index contributed by atoms with van der Waals surface area (Å²) in [6.07, 6.45) is -4.76. The van der Waals surface area contributed by atoms with E-state index in [-0.39, 0.29) is 0 Å². The van der Waals surface area contributed by atoms with Crippen molar-refractivity contribution in [2.45, 2.75) is 37.6 Å². The van der Waals surface area contributed by atoms with Gasteiger partial charge in [-0.05, 0) is 11.1 Å². The number of carbonyl (C=O) groups excluding carboxylic acids is 1. The maximum atomic E-state index is 10.7. The molecule has 146 valence electrons. The molecule has 1 heterocycles. The standard InChI is InChI=1S/C12H10.C8H15NO6/c1-3-7-11(8-4-1)12-9-5-2-6-10-12;1-3(11)14-8-5(9)7(13)6(12)4(2-10)15-8/h1-10H;4-8,10,12-13H,2,9H2,1H3/t;4-,5-,6-,7-,8?/m.1/s1. The summed E-state index contributed by atoms with van der Waals surface area (Å²) in [5.74, 6) is -0.615. The predicted molar refractivity (Wildman–Crippen MR) is 99.4 cm³/mol. The Bertz CT molecular complexity index is 657. The van der Waals surface area contributed by atoms with E-state index in [1.54, 1.807) is 0 Å². The summed E-state index contributed by atoms with van der Waals surface area (Å²) in [7, 11) is 0. The maximum absolute atomic E-state index is 10.7. The van der Waals surface area contributed by atoms with Crippen LogP contribution in [-0.4, -0.2) is 58.5 Å². The molecule has 0 aliphatic carbocycles. The molecule has 2 aromatic carbocycles. The molecule has 1 fully saturated rings. The van der Waals surface area contributed by atoms with Crippen LogP contribution in [0.3, 0.4) is 0 Å². The van der Waals surface area contributed by atoms with Gasteiger partial charge in [-0.2, -0.15) is 0 Å². The van der Waals surface area contributed by atoms with Crippen molar-refractivity contribution in [1.29, 1.82) is 0 Å². The minimum absolute atomic E-state index is 0.497. The highest BCUT2D eigenvalue weighted by molar-refractivity contribution is 5.66. The van der Waals surface area contributed by atoms with E-state index in [2.05, 4.69) is 53.3 Å². The van der Waals surface area contributed by atoms with E-state index in [0.717, 1.165) is 0 Å². The van der Waals surface area contributed by atoms with Crippen LogP contribution < -0.4 is 5.73 Å². The fourth-order valence-corrected chi connectivity index (χ4v) is 2.63. The van der Waals surface area contributed by atoms with Gasteiger partial charge in [0.25, 0.3) is 0 Å². The van der Waals surface area contributed by atoms with Gasteiger partial charge in [-0.1, -0.05) is 60.7 Å². The Hall–Kier alpha value is -2.29. The summed E-state index contributed by atoms with van der Waals surface area (Å²) in [5.41, 5.74) is 8.04. The van der Waals surface area contributed by atoms with Crippen LogP contribution in [0.25, 0.3) is 11.1 Å². The van der Waals surface area contributed by atoms with Crippen molar-refractivity contribution in [3.8, 4) is 11.1 Å². The van der Waals surface area contributed by atoms with E-state index < -0.39 is 43.2 Å². The van der Waals surface area contributed by atoms with E-state index in [0.29, 0.717) is 0 Å². The molecule has 0 saturated carbocycles. The molecule has 7 heteroatoms. The molecule has 27 heavy (non-hydrogen) atoms. The fourth-order valence-electron chi connectivity index (χ4n) is 2.63. The van der Waals surface area contributed by atoms with Crippen LogP contribution in [0.1, 0.15) is 6.92 Å². The van der Waals surface area contributed by atoms with Gasteiger partial charge in [0.1, 0.15) is 18.3 Å². The molecule has 5 atom stereocenters. The minimum atomic E-state index is -1.31. The molecule has 5 N–H and O–H groups in total. The van der Waals surface area contributed by atoms with Gasteiger partial charge >= 0.3 is 5.97 Å². The SMILES string of the molecule is CC(=O)OC1O[C@H](CO)[C@@H](O)[C@H](O)[C@H]1N.c1ccc(-c2ccccc2)cc1. The molecule has 0 aromatic heterocycles. The molecular formula is C20H25NO6. The number of nitrogens with two attached hydrogens (primary N) is 1. The summed E-state index contributed by atoms with van der Waals surface area (Å²) >= 11 is 0. The van der Waals surface area contributed by atoms with Crippen molar-refractivity contribution in [2.75, 3.05) is 6.61 Å². The van der Waals surface area contributed by atoms with E-state index in [4.69, 9.17) is 15.6 Å². The Kier molecular flexibility index (Phi) is 7.90. The van der Waals surface area contributed by atoms with Crippen molar-refractivity contribution < 1.29 is 29.6 Å². The van der Waals surface area contributed by atoms with Gasteiger partial charge in [0, 0.05) is 6.92 Å². The zero-order valence-corrected chi connectivity index (χ0v) is 15.0. The Balaban J connectivity index is 0.000000198. The quantitative estimate of drug-likeness (QED) is 0.582. The summed E-state index contributed by atoms with van der Waals surface area (Å²) in [6, 6.07) is 19.7. The highest BCUT2D eigenvalue weighted by Gasteiger charge is 2.43. The van der Waals surface area contributed by atoms with Gasteiger partial charge in [0.15, 0.2) is 0 Å². The second-order valence-corrected chi connectivity index (χ2v) is 6.13. The van der Waals surface area contributed by atoms with Gasteiger partial charge in [0.2, 0.25) is 6.29 Å². The lowest BCUT2D eigenvalue weighted by Gasteiger charge is -2.39. The van der Waals surface area contributed by atoms with Gasteiger partial charge in [0.05, 0.1) is 12.6 Å². The molecule has 7 nitrogen and oxygen atoms in total. The summed E-state index contributed by atoms with van der Waals surface area (Å²) < 4.78 is 9.70. The maximum Gasteiger partial charge on any atom is 0.304 e. The molecular weight excluding hydrogens is 350 g/mol. The molecule has 0 radical (unpaired) electrons. The van der Waals surface area contributed by atoms with Gasteiger partial charge < -0.3 is 30.5 Å². The Morgan fingerprint density at radius 2 is 1.48 bits per heavy atom. The fraction of sp³-hybridized carbons (Fsp3) is 0.350. The first-order valence-electron chi connectivity index (χ1n) is 8.59. The Morgan fingerprint density at radius 1 is 1.00 bits per heavy atom. The van der Waals surface area contributed by atoms with Crippen LogP contribution in [0, 0.1) is 0 Å². The molecule has 1 aliphatic heterocycles. The smallest absolute Gasteiger partial charge is 0.304 e. The van der Waals surface area contributed by atoms with E-state index in [9.17, 15) is 15.0 Å². The average Bonchev–Trinajstić information content (AvgIpc) is 2.70. The lowest BCUT2D eigenvalue weighted by atomic mass is 9.98. The molecule has 1 saturated heterocycles. The molecule has 3 rings (SSSR count). The van der Waals surface area contributed by atoms with Crippen molar-refractivity contribution in [1.82, 2.24) is 0 Å². The summed E-state index contributed by atoms with van der Waals surface area (Å²) in [5, 5.41) is 27.7. The number of carbonyl (C=O) groups is 1. The summed E-state index contributed by atoms with van der Waals surface area (Å²) in [4.78, 5) is 10.7. The number of aliphatic hydroxyl groups is 3. The van der Waals surface area contributed by atoms with Gasteiger partial charge in [-0.25, -0.2) is 0 Å². The van der Waals surface area contributed by atoms with Gasteiger partial charge in [-0.15, -0.1) is 0 Å². The first-order chi connectivity index (χ1) is 12.9. The zero-order chi connectivity index (χ0) is 19.8. The Morgan fingerprint density at radius 3 is 1.89 bits per heavy atom. The van der Waals surface area contributed by atoms with Crippen molar-refractivity contribution in [3.63, 3.8) is 0 Å². The number of ether oxygens (including phenoxy) is 2. The molecule has 1 aliphatic rings. The van der Waals surface area contributed by atoms with E-state index in [1.165, 1.54) is 18.1 Å². The van der Waals surface area contributed by atoms with Crippen LogP contribution in [0.15, 0.2) is 60.7 Å².